The smallest absolute Gasteiger partial charge is 0.221 e. The van der Waals surface area contributed by atoms with E-state index < -0.39 is 0 Å². The maximum absolute atomic E-state index is 11.4. The van der Waals surface area contributed by atoms with Crippen molar-refractivity contribution in [1.29, 1.82) is 0 Å². The average Bonchev–Trinajstić information content (AvgIpc) is 2.39. The van der Waals surface area contributed by atoms with Crippen LogP contribution in [-0.4, -0.2) is 25.0 Å². The zero-order chi connectivity index (χ0) is 14.4. The molecule has 110 valence electrons. The van der Waals surface area contributed by atoms with Crippen LogP contribution in [0.15, 0.2) is 24.3 Å². The molecule has 1 aromatic carbocycles. The molecule has 4 heteroatoms. The highest BCUT2D eigenvalue weighted by atomic mass is 35.5. The first-order valence-electron chi connectivity index (χ1n) is 7.44. The number of carbonyl (C=O) groups is 1. The summed E-state index contributed by atoms with van der Waals surface area (Å²) in [5.74, 6) is 0.755. The van der Waals surface area contributed by atoms with Crippen molar-refractivity contribution in [2.24, 2.45) is 0 Å². The Morgan fingerprint density at radius 1 is 1.35 bits per heavy atom. The van der Waals surface area contributed by atoms with Crippen molar-refractivity contribution in [1.82, 2.24) is 10.6 Å². The Balaban J connectivity index is 1.61. The second kappa shape index (κ2) is 7.65. The van der Waals surface area contributed by atoms with Crippen LogP contribution in [0.1, 0.15) is 44.1 Å². The van der Waals surface area contributed by atoms with E-state index in [9.17, 15) is 4.79 Å². The highest BCUT2D eigenvalue weighted by Crippen LogP contribution is 2.37. The summed E-state index contributed by atoms with van der Waals surface area (Å²) >= 11 is 6.01. The maximum Gasteiger partial charge on any atom is 0.221 e. The molecular formula is C16H23ClN2O. The first kappa shape index (κ1) is 15.3. The molecule has 0 atom stereocenters. The second-order valence-electron chi connectivity index (χ2n) is 5.47. The van der Waals surface area contributed by atoms with Crippen LogP contribution in [0.3, 0.4) is 0 Å². The quantitative estimate of drug-likeness (QED) is 0.811. The third kappa shape index (κ3) is 4.50. The van der Waals surface area contributed by atoms with Gasteiger partial charge in [0.15, 0.2) is 0 Å². The normalized spacial score (nSPS) is 21.3. The van der Waals surface area contributed by atoms with E-state index in [2.05, 4.69) is 29.7 Å². The lowest BCUT2D eigenvalue weighted by molar-refractivity contribution is -0.121. The number of carbonyl (C=O) groups excluding carboxylic acids is 1. The molecule has 0 heterocycles. The van der Waals surface area contributed by atoms with E-state index >= 15 is 0 Å². The monoisotopic (exact) mass is 294 g/mol. The van der Waals surface area contributed by atoms with Gasteiger partial charge < -0.3 is 10.6 Å². The van der Waals surface area contributed by atoms with E-state index in [0.29, 0.717) is 18.4 Å². The first-order valence-corrected chi connectivity index (χ1v) is 7.82. The fourth-order valence-corrected chi connectivity index (χ4v) is 2.76. The molecule has 1 saturated carbocycles. The van der Waals surface area contributed by atoms with Gasteiger partial charge in [-0.3, -0.25) is 4.79 Å². The summed E-state index contributed by atoms with van der Waals surface area (Å²) in [7, 11) is 0. The number of hydrogen-bond donors (Lipinski definition) is 2. The minimum atomic E-state index is 0.144. The Morgan fingerprint density at radius 2 is 2.15 bits per heavy atom. The average molecular weight is 295 g/mol. The molecule has 3 nitrogen and oxygen atoms in total. The van der Waals surface area contributed by atoms with Gasteiger partial charge in [-0.1, -0.05) is 30.7 Å². The molecule has 0 spiro atoms. The molecule has 0 bridgehead atoms. The Hall–Kier alpha value is -1.06. The fraction of sp³-hybridized carbons (Fsp3) is 0.562. The Kier molecular flexibility index (Phi) is 5.86. The van der Waals surface area contributed by atoms with Gasteiger partial charge in [0.2, 0.25) is 5.91 Å². The molecule has 0 radical (unpaired) electrons. The van der Waals surface area contributed by atoms with Crippen LogP contribution in [-0.2, 0) is 4.79 Å². The number of benzene rings is 1. The lowest BCUT2D eigenvalue weighted by Crippen LogP contribution is -2.41. The summed E-state index contributed by atoms with van der Waals surface area (Å²) < 4.78 is 0. The van der Waals surface area contributed by atoms with Crippen molar-refractivity contribution in [2.75, 3.05) is 13.1 Å². The maximum atomic E-state index is 11.4. The van der Waals surface area contributed by atoms with E-state index in [0.717, 1.165) is 37.4 Å². The van der Waals surface area contributed by atoms with Gasteiger partial charge in [0, 0.05) is 30.6 Å². The molecule has 20 heavy (non-hydrogen) atoms. The molecule has 0 saturated heterocycles. The predicted molar refractivity (Wildman–Crippen MR) is 83.1 cm³/mol. The van der Waals surface area contributed by atoms with Crippen LogP contribution in [0.5, 0.6) is 0 Å². The van der Waals surface area contributed by atoms with Crippen LogP contribution in [0.2, 0.25) is 5.02 Å². The standard InChI is InChI=1S/C16H23ClN2O/c1-2-7-19-16(20)6-8-18-15-10-13(11-15)12-4-3-5-14(17)9-12/h3-5,9,13,15,18H,2,6-8,10-11H2,1H3,(H,19,20). The zero-order valence-electron chi connectivity index (χ0n) is 12.0. The molecular weight excluding hydrogens is 272 g/mol. The largest absolute Gasteiger partial charge is 0.356 e. The van der Waals surface area contributed by atoms with Gasteiger partial charge in [-0.25, -0.2) is 0 Å². The third-order valence-electron chi connectivity index (χ3n) is 3.82. The molecule has 1 aromatic rings. The Bertz CT molecular complexity index is 444. The van der Waals surface area contributed by atoms with Crippen molar-refractivity contribution >= 4 is 17.5 Å². The van der Waals surface area contributed by atoms with Crippen molar-refractivity contribution in [3.05, 3.63) is 34.9 Å². The van der Waals surface area contributed by atoms with Crippen LogP contribution in [0.4, 0.5) is 0 Å². The zero-order valence-corrected chi connectivity index (χ0v) is 12.7. The Morgan fingerprint density at radius 3 is 2.85 bits per heavy atom. The van der Waals surface area contributed by atoms with Gasteiger partial charge in [0.25, 0.3) is 0 Å². The molecule has 2 rings (SSSR count). The minimum absolute atomic E-state index is 0.144. The van der Waals surface area contributed by atoms with E-state index in [1.807, 2.05) is 12.1 Å². The summed E-state index contributed by atoms with van der Waals surface area (Å²) in [6.45, 7) is 3.60. The lowest BCUT2D eigenvalue weighted by atomic mass is 9.76. The topological polar surface area (TPSA) is 41.1 Å². The van der Waals surface area contributed by atoms with Gasteiger partial charge in [-0.2, -0.15) is 0 Å². The fourth-order valence-electron chi connectivity index (χ4n) is 2.56. The molecule has 1 aliphatic rings. The summed E-state index contributed by atoms with van der Waals surface area (Å²) in [4.78, 5) is 11.4. The van der Waals surface area contributed by atoms with Crippen LogP contribution < -0.4 is 10.6 Å². The van der Waals surface area contributed by atoms with Crippen LogP contribution in [0.25, 0.3) is 0 Å². The Labute approximate surface area is 126 Å². The molecule has 0 unspecified atom stereocenters. The number of rotatable bonds is 7. The summed E-state index contributed by atoms with van der Waals surface area (Å²) in [6, 6.07) is 8.66. The van der Waals surface area contributed by atoms with Crippen LogP contribution in [0, 0.1) is 0 Å². The number of halogens is 1. The van der Waals surface area contributed by atoms with Crippen molar-refractivity contribution in [3.8, 4) is 0 Å². The second-order valence-corrected chi connectivity index (χ2v) is 5.91. The third-order valence-corrected chi connectivity index (χ3v) is 4.05. The van der Waals surface area contributed by atoms with Gasteiger partial charge in [-0.05, 0) is 42.9 Å². The molecule has 0 aliphatic heterocycles. The van der Waals surface area contributed by atoms with Crippen LogP contribution >= 0.6 is 11.6 Å². The summed E-state index contributed by atoms with van der Waals surface area (Å²) in [5, 5.41) is 7.15. The minimum Gasteiger partial charge on any atom is -0.356 e. The summed E-state index contributed by atoms with van der Waals surface area (Å²) in [5.41, 5.74) is 1.33. The lowest BCUT2D eigenvalue weighted by Gasteiger charge is -2.36. The summed E-state index contributed by atoms with van der Waals surface area (Å²) in [6.07, 6.45) is 3.83. The van der Waals surface area contributed by atoms with E-state index in [1.165, 1.54) is 5.56 Å². The first-order chi connectivity index (χ1) is 9.69. The number of amides is 1. The number of nitrogens with one attached hydrogen (secondary N) is 2. The van der Waals surface area contributed by atoms with E-state index in [-0.39, 0.29) is 5.91 Å². The van der Waals surface area contributed by atoms with Gasteiger partial charge in [0.05, 0.1) is 0 Å². The molecule has 1 amide bonds. The van der Waals surface area contributed by atoms with Gasteiger partial charge in [0.1, 0.15) is 0 Å². The van der Waals surface area contributed by atoms with Gasteiger partial charge in [-0.15, -0.1) is 0 Å². The molecule has 2 N–H and O–H groups in total. The molecule has 0 aromatic heterocycles. The molecule has 1 aliphatic carbocycles. The van der Waals surface area contributed by atoms with E-state index in [1.54, 1.807) is 0 Å². The van der Waals surface area contributed by atoms with Crippen molar-refractivity contribution < 1.29 is 4.79 Å². The SMILES string of the molecule is CCCNC(=O)CCNC1CC(c2cccc(Cl)c2)C1. The highest BCUT2D eigenvalue weighted by molar-refractivity contribution is 6.30. The predicted octanol–water partition coefficient (Wildman–Crippen LogP) is 3.09. The van der Waals surface area contributed by atoms with Crippen molar-refractivity contribution in [2.45, 2.75) is 44.6 Å². The number of hydrogen-bond acceptors (Lipinski definition) is 2. The highest BCUT2D eigenvalue weighted by Gasteiger charge is 2.29. The van der Waals surface area contributed by atoms with Crippen molar-refractivity contribution in [3.63, 3.8) is 0 Å². The van der Waals surface area contributed by atoms with E-state index in [4.69, 9.17) is 11.6 Å². The van der Waals surface area contributed by atoms with Gasteiger partial charge >= 0.3 is 0 Å². The molecule has 1 fully saturated rings.